The number of benzene rings is 2. The fourth-order valence-electron chi connectivity index (χ4n) is 3.20. The first-order valence-electron chi connectivity index (χ1n) is 9.20. The lowest BCUT2D eigenvalue weighted by Crippen LogP contribution is -2.48. The normalized spacial score (nSPS) is 14.1. The van der Waals surface area contributed by atoms with Gasteiger partial charge in [-0.1, -0.05) is 6.07 Å². The highest BCUT2D eigenvalue weighted by Crippen LogP contribution is 2.28. The van der Waals surface area contributed by atoms with E-state index in [0.717, 1.165) is 11.3 Å². The number of carbonyl (C=O) groups excluding carboxylic acids is 1. The molecule has 0 spiro atoms. The number of rotatable bonds is 6. The fraction of sp³-hybridized carbons (Fsp3) is 0.286. The summed E-state index contributed by atoms with van der Waals surface area (Å²) < 4.78 is 10.5. The topological polar surface area (TPSA) is 85.2 Å². The third-order valence-electron chi connectivity index (χ3n) is 4.84. The van der Waals surface area contributed by atoms with E-state index >= 15 is 0 Å². The van der Waals surface area contributed by atoms with Gasteiger partial charge in [-0.3, -0.25) is 14.9 Å². The van der Waals surface area contributed by atoms with Crippen molar-refractivity contribution in [2.24, 2.45) is 0 Å². The van der Waals surface area contributed by atoms with Crippen LogP contribution in [0, 0.1) is 10.1 Å². The molecule has 1 saturated heterocycles. The molecule has 0 aromatic heterocycles. The lowest BCUT2D eigenvalue weighted by Gasteiger charge is -2.35. The van der Waals surface area contributed by atoms with E-state index < -0.39 is 4.92 Å². The minimum atomic E-state index is -0.412. The van der Waals surface area contributed by atoms with Gasteiger partial charge in [-0.2, -0.15) is 0 Å². The molecule has 1 aliphatic rings. The van der Waals surface area contributed by atoms with Crippen molar-refractivity contribution in [2.75, 3.05) is 45.3 Å². The van der Waals surface area contributed by atoms with E-state index in [-0.39, 0.29) is 11.6 Å². The van der Waals surface area contributed by atoms with E-state index in [1.54, 1.807) is 49.5 Å². The lowest BCUT2D eigenvalue weighted by atomic mass is 10.1. The number of non-ortho nitro benzene ring substituents is 1. The highest BCUT2D eigenvalue weighted by Gasteiger charge is 2.20. The Morgan fingerprint density at radius 2 is 1.66 bits per heavy atom. The Kier molecular flexibility index (Phi) is 6.33. The van der Waals surface area contributed by atoms with Crippen LogP contribution >= 0.6 is 0 Å². The molecule has 152 valence electrons. The van der Waals surface area contributed by atoms with Gasteiger partial charge in [-0.15, -0.1) is 0 Å². The summed E-state index contributed by atoms with van der Waals surface area (Å²) in [4.78, 5) is 26.8. The molecule has 3 rings (SSSR count). The molecule has 2 aromatic rings. The van der Waals surface area contributed by atoms with Crippen LogP contribution in [-0.2, 0) is 4.79 Å². The van der Waals surface area contributed by atoms with Crippen molar-refractivity contribution < 1.29 is 19.2 Å². The zero-order valence-electron chi connectivity index (χ0n) is 16.4. The van der Waals surface area contributed by atoms with E-state index in [1.165, 1.54) is 12.1 Å². The molecule has 29 heavy (non-hydrogen) atoms. The summed E-state index contributed by atoms with van der Waals surface area (Å²) in [6.07, 6.45) is 3.32. The van der Waals surface area contributed by atoms with Crippen LogP contribution in [0.1, 0.15) is 5.56 Å². The predicted molar refractivity (Wildman–Crippen MR) is 110 cm³/mol. The van der Waals surface area contributed by atoms with Crippen LogP contribution in [0.2, 0.25) is 0 Å². The van der Waals surface area contributed by atoms with E-state index in [2.05, 4.69) is 4.90 Å². The average molecular weight is 397 g/mol. The Bertz CT molecular complexity index is 903. The number of carbonyl (C=O) groups is 1. The Hall–Kier alpha value is -3.55. The molecule has 1 amide bonds. The number of nitrogens with zero attached hydrogens (tertiary/aromatic N) is 3. The minimum absolute atomic E-state index is 0.0527. The van der Waals surface area contributed by atoms with Gasteiger partial charge in [0.1, 0.15) is 0 Å². The molecule has 2 aromatic carbocycles. The zero-order valence-corrected chi connectivity index (χ0v) is 16.4. The third-order valence-corrected chi connectivity index (χ3v) is 4.84. The maximum absolute atomic E-state index is 12.5. The summed E-state index contributed by atoms with van der Waals surface area (Å²) in [6.45, 7) is 2.53. The van der Waals surface area contributed by atoms with Crippen molar-refractivity contribution in [3.8, 4) is 11.5 Å². The number of nitro groups is 1. The molecule has 0 N–H and O–H groups in total. The maximum atomic E-state index is 12.5. The molecule has 0 radical (unpaired) electrons. The Labute approximate surface area is 169 Å². The first-order valence-corrected chi connectivity index (χ1v) is 9.20. The number of methoxy groups -OCH3 is 2. The quantitative estimate of drug-likeness (QED) is 0.423. The molecule has 1 fully saturated rings. The first-order chi connectivity index (χ1) is 14.0. The van der Waals surface area contributed by atoms with Crippen molar-refractivity contribution in [1.29, 1.82) is 0 Å². The lowest BCUT2D eigenvalue weighted by molar-refractivity contribution is -0.384. The second-order valence-corrected chi connectivity index (χ2v) is 6.53. The van der Waals surface area contributed by atoms with Crippen LogP contribution in [0.25, 0.3) is 6.08 Å². The number of hydrogen-bond acceptors (Lipinski definition) is 6. The summed E-state index contributed by atoms with van der Waals surface area (Å²) in [5.41, 5.74) is 1.84. The van der Waals surface area contributed by atoms with Gasteiger partial charge < -0.3 is 19.3 Å². The van der Waals surface area contributed by atoms with E-state index in [0.29, 0.717) is 37.7 Å². The van der Waals surface area contributed by atoms with Gasteiger partial charge in [0.2, 0.25) is 5.91 Å². The zero-order chi connectivity index (χ0) is 20.8. The third kappa shape index (κ3) is 4.84. The molecule has 1 aliphatic heterocycles. The molecular formula is C21H23N3O5. The van der Waals surface area contributed by atoms with E-state index in [9.17, 15) is 14.9 Å². The summed E-state index contributed by atoms with van der Waals surface area (Å²) in [5, 5.41) is 10.8. The summed E-state index contributed by atoms with van der Waals surface area (Å²) in [7, 11) is 3.15. The van der Waals surface area contributed by atoms with Gasteiger partial charge in [0.05, 0.1) is 19.1 Å². The summed E-state index contributed by atoms with van der Waals surface area (Å²) in [6, 6.07) is 12.0. The predicted octanol–water partition coefficient (Wildman–Crippen LogP) is 2.97. The molecule has 0 saturated carbocycles. The maximum Gasteiger partial charge on any atom is 0.269 e. The molecule has 0 bridgehead atoms. The van der Waals surface area contributed by atoms with Crippen LogP contribution in [-0.4, -0.2) is 56.1 Å². The first kappa shape index (κ1) is 20.2. The Morgan fingerprint density at radius 1 is 1.00 bits per heavy atom. The molecule has 0 aliphatic carbocycles. The number of nitro benzene ring substituents is 1. The number of ether oxygens (including phenoxy) is 2. The SMILES string of the molecule is COc1ccc(C=CC(=O)N2CCN(c3ccc([N+](=O)[O-])cc3)CC2)cc1OC. The van der Waals surface area contributed by atoms with Crippen molar-refractivity contribution in [2.45, 2.75) is 0 Å². The van der Waals surface area contributed by atoms with Crippen molar-refractivity contribution >= 4 is 23.4 Å². The second kappa shape index (κ2) is 9.09. The highest BCUT2D eigenvalue weighted by molar-refractivity contribution is 5.92. The van der Waals surface area contributed by atoms with Crippen LogP contribution < -0.4 is 14.4 Å². The van der Waals surface area contributed by atoms with Gasteiger partial charge >= 0.3 is 0 Å². The van der Waals surface area contributed by atoms with Gasteiger partial charge in [0.25, 0.3) is 5.69 Å². The second-order valence-electron chi connectivity index (χ2n) is 6.53. The van der Waals surface area contributed by atoms with Crippen LogP contribution in [0.4, 0.5) is 11.4 Å². The number of piperazine rings is 1. The van der Waals surface area contributed by atoms with Crippen molar-refractivity contribution in [3.63, 3.8) is 0 Å². The molecule has 8 heteroatoms. The van der Waals surface area contributed by atoms with Gasteiger partial charge in [0.15, 0.2) is 11.5 Å². The number of anilines is 1. The van der Waals surface area contributed by atoms with Crippen molar-refractivity contribution in [3.05, 3.63) is 64.2 Å². The van der Waals surface area contributed by atoms with Gasteiger partial charge in [-0.05, 0) is 35.9 Å². The molecule has 0 unspecified atom stereocenters. The molecular weight excluding hydrogens is 374 g/mol. The van der Waals surface area contributed by atoms with Gasteiger partial charge in [0, 0.05) is 50.1 Å². The Balaban J connectivity index is 1.57. The monoisotopic (exact) mass is 397 g/mol. The van der Waals surface area contributed by atoms with Crippen molar-refractivity contribution in [1.82, 2.24) is 4.90 Å². The van der Waals surface area contributed by atoms with E-state index in [1.807, 2.05) is 12.1 Å². The summed E-state index contributed by atoms with van der Waals surface area (Å²) in [5.74, 6) is 1.19. The highest BCUT2D eigenvalue weighted by atomic mass is 16.6. The molecule has 1 heterocycles. The van der Waals surface area contributed by atoms with E-state index in [4.69, 9.17) is 9.47 Å². The summed E-state index contributed by atoms with van der Waals surface area (Å²) >= 11 is 0. The number of amides is 1. The smallest absolute Gasteiger partial charge is 0.269 e. The molecule has 8 nitrogen and oxygen atoms in total. The largest absolute Gasteiger partial charge is 0.493 e. The van der Waals surface area contributed by atoms with Gasteiger partial charge in [-0.25, -0.2) is 0 Å². The van der Waals surface area contributed by atoms with Crippen LogP contribution in [0.15, 0.2) is 48.5 Å². The van der Waals surface area contributed by atoms with Crippen LogP contribution in [0.5, 0.6) is 11.5 Å². The number of hydrogen-bond donors (Lipinski definition) is 0. The fourth-order valence-corrected chi connectivity index (χ4v) is 3.20. The molecule has 0 atom stereocenters. The minimum Gasteiger partial charge on any atom is -0.493 e. The Morgan fingerprint density at radius 3 is 2.24 bits per heavy atom. The average Bonchev–Trinajstić information content (AvgIpc) is 2.77. The standard InChI is InChI=1S/C21H23N3O5/c1-28-19-9-3-16(15-20(19)29-2)4-10-21(25)23-13-11-22(12-14-23)17-5-7-18(8-6-17)24(26)27/h3-10,15H,11-14H2,1-2H3. The van der Waals surface area contributed by atoms with Crippen LogP contribution in [0.3, 0.4) is 0 Å².